The van der Waals surface area contributed by atoms with Crippen LogP contribution in [0.4, 0.5) is 11.6 Å². The smallest absolute Gasteiger partial charge is 0.329 e. The number of aromatic hydroxyl groups is 1. The SMILES string of the molecule is COc1ccc(OC[C@@H](O)Cn2c(N=Nc3c(O)[nH]c4ccccc34)nc3c2c(=O)[nH]c(=O)n3C)cc1. The lowest BCUT2D eigenvalue weighted by molar-refractivity contribution is 0.0937. The minimum atomic E-state index is -1.08. The van der Waals surface area contributed by atoms with Crippen molar-refractivity contribution in [1.29, 1.82) is 0 Å². The molecule has 3 aromatic heterocycles. The number of rotatable bonds is 8. The number of nitrogens with one attached hydrogen (secondary N) is 2. The van der Waals surface area contributed by atoms with Gasteiger partial charge in [0, 0.05) is 12.4 Å². The number of para-hydroxylation sites is 1. The van der Waals surface area contributed by atoms with E-state index >= 15 is 0 Å². The third-order valence-corrected chi connectivity index (χ3v) is 5.78. The summed E-state index contributed by atoms with van der Waals surface area (Å²) in [5.74, 6) is 0.949. The number of azo groups is 1. The minimum absolute atomic E-state index is 0.0303. The summed E-state index contributed by atoms with van der Waals surface area (Å²) >= 11 is 0. The lowest BCUT2D eigenvalue weighted by atomic mass is 10.2. The van der Waals surface area contributed by atoms with Crippen molar-refractivity contribution in [2.24, 2.45) is 17.3 Å². The maximum Gasteiger partial charge on any atom is 0.329 e. The van der Waals surface area contributed by atoms with Gasteiger partial charge in [0.2, 0.25) is 5.88 Å². The second kappa shape index (κ2) is 9.62. The summed E-state index contributed by atoms with van der Waals surface area (Å²) in [5.41, 5.74) is -0.404. The quantitative estimate of drug-likeness (QED) is 0.235. The van der Waals surface area contributed by atoms with E-state index in [9.17, 15) is 19.8 Å². The van der Waals surface area contributed by atoms with Crippen LogP contribution in [-0.4, -0.2) is 54.1 Å². The first kappa shape index (κ1) is 23.8. The standard InChI is InChI=1S/C24H23N7O6/c1-30-20-19(22(34)27-24(30)35)31(11-13(32)12-37-15-9-7-14(36-2)8-10-15)23(26-20)29-28-18-16-5-3-4-6-17(16)25-21(18)33/h3-10,13,25,32-33H,11-12H2,1-2H3,(H,27,34,35)/t13-/m0/s1. The minimum Gasteiger partial charge on any atom is -0.497 e. The van der Waals surface area contributed by atoms with Crippen molar-refractivity contribution in [2.45, 2.75) is 12.6 Å². The van der Waals surface area contributed by atoms with Crippen molar-refractivity contribution in [2.75, 3.05) is 13.7 Å². The fourth-order valence-corrected chi connectivity index (χ4v) is 3.91. The molecular weight excluding hydrogens is 482 g/mol. The maximum absolute atomic E-state index is 12.7. The average molecular weight is 505 g/mol. The van der Waals surface area contributed by atoms with Gasteiger partial charge in [-0.15, -0.1) is 10.2 Å². The Kier molecular flexibility index (Phi) is 6.19. The van der Waals surface area contributed by atoms with Gasteiger partial charge in [-0.05, 0) is 30.3 Å². The van der Waals surface area contributed by atoms with E-state index in [1.165, 1.54) is 11.6 Å². The van der Waals surface area contributed by atoms with Crippen LogP contribution in [0.2, 0.25) is 0 Å². The second-order valence-electron chi connectivity index (χ2n) is 8.22. The summed E-state index contributed by atoms with van der Waals surface area (Å²) in [7, 11) is 3.01. The number of H-pyrrole nitrogens is 2. The number of ether oxygens (including phenoxy) is 2. The number of fused-ring (bicyclic) bond motifs is 2. The molecule has 0 amide bonds. The zero-order valence-electron chi connectivity index (χ0n) is 19.9. The van der Waals surface area contributed by atoms with E-state index in [-0.39, 0.29) is 41.8 Å². The van der Waals surface area contributed by atoms with Gasteiger partial charge in [-0.1, -0.05) is 18.2 Å². The molecule has 4 N–H and O–H groups in total. The Morgan fingerprint density at radius 2 is 1.78 bits per heavy atom. The molecule has 0 radical (unpaired) electrons. The van der Waals surface area contributed by atoms with Gasteiger partial charge in [-0.3, -0.25) is 18.9 Å². The lowest BCUT2D eigenvalue weighted by Crippen LogP contribution is -2.30. The number of aliphatic hydroxyl groups excluding tert-OH is 1. The third-order valence-electron chi connectivity index (χ3n) is 5.78. The molecule has 0 bridgehead atoms. The van der Waals surface area contributed by atoms with Crippen molar-refractivity contribution >= 4 is 33.7 Å². The van der Waals surface area contributed by atoms with E-state index < -0.39 is 17.4 Å². The number of hydrogen-bond acceptors (Lipinski definition) is 9. The molecule has 3 heterocycles. The molecule has 0 fully saturated rings. The Labute approximate surface area is 208 Å². The maximum atomic E-state index is 12.7. The first-order valence-electron chi connectivity index (χ1n) is 11.2. The molecule has 2 aromatic carbocycles. The van der Waals surface area contributed by atoms with Crippen molar-refractivity contribution in [3.63, 3.8) is 0 Å². The van der Waals surface area contributed by atoms with Gasteiger partial charge in [0.05, 0.1) is 19.2 Å². The van der Waals surface area contributed by atoms with Crippen LogP contribution < -0.4 is 20.7 Å². The van der Waals surface area contributed by atoms with Gasteiger partial charge in [0.25, 0.3) is 11.5 Å². The van der Waals surface area contributed by atoms with Gasteiger partial charge < -0.3 is 24.7 Å². The van der Waals surface area contributed by atoms with Crippen LogP contribution in [0.15, 0.2) is 68.3 Å². The van der Waals surface area contributed by atoms with Gasteiger partial charge in [0.15, 0.2) is 16.9 Å². The van der Waals surface area contributed by atoms with Crippen LogP contribution >= 0.6 is 0 Å². The van der Waals surface area contributed by atoms with Crippen LogP contribution in [0.25, 0.3) is 22.1 Å². The van der Waals surface area contributed by atoms with Crippen LogP contribution in [-0.2, 0) is 13.6 Å². The van der Waals surface area contributed by atoms with Crippen molar-refractivity contribution in [1.82, 2.24) is 24.1 Å². The number of benzene rings is 2. The first-order chi connectivity index (χ1) is 17.9. The number of imidazole rings is 1. The molecule has 0 aliphatic heterocycles. The summed E-state index contributed by atoms with van der Waals surface area (Å²) in [6.07, 6.45) is -1.08. The van der Waals surface area contributed by atoms with Crippen molar-refractivity contribution in [3.8, 4) is 17.4 Å². The van der Waals surface area contributed by atoms with E-state index in [2.05, 4.69) is 25.2 Å². The fraction of sp³-hybridized carbons (Fsp3) is 0.208. The molecule has 0 saturated carbocycles. The van der Waals surface area contributed by atoms with Crippen LogP contribution in [0, 0.1) is 0 Å². The Hall–Kier alpha value is -4.91. The second-order valence-corrected chi connectivity index (χ2v) is 8.22. The van der Waals surface area contributed by atoms with Gasteiger partial charge in [-0.2, -0.15) is 4.98 Å². The molecule has 0 spiro atoms. The monoisotopic (exact) mass is 505 g/mol. The summed E-state index contributed by atoms with van der Waals surface area (Å²) in [4.78, 5) is 34.2. The number of aromatic amines is 2. The number of hydrogen-bond donors (Lipinski definition) is 4. The molecular formula is C24H23N7O6. The van der Waals surface area contributed by atoms with E-state index in [0.717, 1.165) is 4.57 Å². The normalized spacial score (nSPS) is 12.5. The highest BCUT2D eigenvalue weighted by molar-refractivity contribution is 5.94. The highest BCUT2D eigenvalue weighted by Crippen LogP contribution is 2.36. The third kappa shape index (κ3) is 4.54. The lowest BCUT2D eigenvalue weighted by Gasteiger charge is -2.14. The zero-order chi connectivity index (χ0) is 26.1. The Balaban J connectivity index is 1.49. The van der Waals surface area contributed by atoms with E-state index in [0.29, 0.717) is 22.4 Å². The number of methoxy groups -OCH3 is 1. The van der Waals surface area contributed by atoms with E-state index in [1.54, 1.807) is 55.6 Å². The van der Waals surface area contributed by atoms with Crippen LogP contribution in [0.5, 0.6) is 17.4 Å². The Bertz CT molecular complexity index is 1730. The van der Waals surface area contributed by atoms with Crippen molar-refractivity contribution < 1.29 is 19.7 Å². The van der Waals surface area contributed by atoms with Gasteiger partial charge >= 0.3 is 5.69 Å². The molecule has 0 unspecified atom stereocenters. The number of nitrogens with zero attached hydrogens (tertiary/aromatic N) is 5. The molecule has 13 nitrogen and oxygen atoms in total. The largest absolute Gasteiger partial charge is 0.497 e. The highest BCUT2D eigenvalue weighted by Gasteiger charge is 2.20. The fourth-order valence-electron chi connectivity index (χ4n) is 3.91. The molecule has 0 aliphatic rings. The van der Waals surface area contributed by atoms with Crippen molar-refractivity contribution in [3.05, 3.63) is 69.4 Å². The average Bonchev–Trinajstić information content (AvgIpc) is 3.42. The number of aromatic nitrogens is 5. The molecule has 0 saturated heterocycles. The molecule has 0 aliphatic carbocycles. The van der Waals surface area contributed by atoms with Crippen LogP contribution in [0.1, 0.15) is 0 Å². The van der Waals surface area contributed by atoms with E-state index in [4.69, 9.17) is 9.47 Å². The predicted octanol–water partition coefficient (Wildman–Crippen LogP) is 2.47. The van der Waals surface area contributed by atoms with E-state index in [1.807, 2.05) is 0 Å². The molecule has 37 heavy (non-hydrogen) atoms. The molecule has 5 aromatic rings. The number of aryl methyl sites for hydroxylation is 1. The topological polar surface area (TPSA) is 172 Å². The Morgan fingerprint density at radius 3 is 2.54 bits per heavy atom. The molecule has 13 heteroatoms. The molecule has 1 atom stereocenters. The summed E-state index contributed by atoms with van der Waals surface area (Å²) in [6.45, 7) is -0.238. The Morgan fingerprint density at radius 1 is 1.05 bits per heavy atom. The predicted molar refractivity (Wildman–Crippen MR) is 134 cm³/mol. The molecule has 5 rings (SSSR count). The summed E-state index contributed by atoms with van der Waals surface area (Å²) < 4.78 is 13.3. The molecule has 190 valence electrons. The number of aliphatic hydroxyl groups is 1. The van der Waals surface area contributed by atoms with Gasteiger partial charge in [0.1, 0.15) is 24.2 Å². The van der Waals surface area contributed by atoms with Gasteiger partial charge in [-0.25, -0.2) is 4.79 Å². The highest BCUT2D eigenvalue weighted by atomic mass is 16.5. The van der Waals surface area contributed by atoms with Crippen LogP contribution in [0.3, 0.4) is 0 Å². The zero-order valence-corrected chi connectivity index (χ0v) is 19.9. The summed E-state index contributed by atoms with van der Waals surface area (Å²) in [5, 5.41) is 30.0. The summed E-state index contributed by atoms with van der Waals surface area (Å²) in [6, 6.07) is 14.0. The first-order valence-corrected chi connectivity index (χ1v) is 11.2.